The molecule has 0 bridgehead atoms. The fraction of sp³-hybridized carbons (Fsp3) is 0.417. The van der Waals surface area contributed by atoms with Crippen LogP contribution in [0.4, 0.5) is 10.1 Å². The summed E-state index contributed by atoms with van der Waals surface area (Å²) in [6.07, 6.45) is 0.996. The molecule has 0 saturated carbocycles. The maximum absolute atomic E-state index is 14.9. The Kier molecular flexibility index (Phi) is 4.93. The van der Waals surface area contributed by atoms with Gasteiger partial charge in [0.1, 0.15) is 24.2 Å². The van der Waals surface area contributed by atoms with Crippen molar-refractivity contribution in [1.82, 2.24) is 10.3 Å². The summed E-state index contributed by atoms with van der Waals surface area (Å²) in [6, 6.07) is 10.6. The van der Waals surface area contributed by atoms with Crippen molar-refractivity contribution in [1.29, 1.82) is 0 Å². The average molecular weight is 423 g/mol. The average Bonchev–Trinajstić information content (AvgIpc) is 2.75. The monoisotopic (exact) mass is 422 g/mol. The van der Waals surface area contributed by atoms with Crippen LogP contribution in [0.1, 0.15) is 31.7 Å². The second kappa shape index (κ2) is 7.64. The van der Waals surface area contributed by atoms with Crippen LogP contribution in [0, 0.1) is 11.7 Å². The van der Waals surface area contributed by atoms with Gasteiger partial charge in [-0.1, -0.05) is 25.1 Å². The first kappa shape index (κ1) is 20.0. The van der Waals surface area contributed by atoms with Crippen molar-refractivity contribution < 1.29 is 13.9 Å². The van der Waals surface area contributed by atoms with E-state index in [-0.39, 0.29) is 24.2 Å². The SMILES string of the molecule is C[C@@H]1CN(C)CC[C@@H]1c1cc2c(cc1-c1ccccc1F)OCC1=NNC(=O)[C@@H](C)N12. The molecule has 6 nitrogen and oxygen atoms in total. The molecule has 5 rings (SSSR count). The number of likely N-dealkylation sites (tertiary alicyclic amines) is 1. The predicted molar refractivity (Wildman–Crippen MR) is 119 cm³/mol. The molecular weight excluding hydrogens is 395 g/mol. The van der Waals surface area contributed by atoms with Gasteiger partial charge in [-0.05, 0) is 68.1 Å². The van der Waals surface area contributed by atoms with Gasteiger partial charge >= 0.3 is 0 Å². The van der Waals surface area contributed by atoms with E-state index in [0.29, 0.717) is 23.1 Å². The van der Waals surface area contributed by atoms with E-state index in [9.17, 15) is 9.18 Å². The van der Waals surface area contributed by atoms with Gasteiger partial charge in [0.05, 0.1) is 5.69 Å². The summed E-state index contributed by atoms with van der Waals surface area (Å²) >= 11 is 0. The number of ether oxygens (including phenoxy) is 1. The molecule has 3 aliphatic heterocycles. The minimum absolute atomic E-state index is 0.149. The number of benzene rings is 2. The van der Waals surface area contributed by atoms with Crippen LogP contribution in [0.2, 0.25) is 0 Å². The van der Waals surface area contributed by atoms with E-state index in [1.165, 1.54) is 6.07 Å². The van der Waals surface area contributed by atoms with Gasteiger partial charge in [0.15, 0.2) is 5.84 Å². The van der Waals surface area contributed by atoms with Crippen LogP contribution >= 0.6 is 0 Å². The standard InChI is InChI=1S/C24H27FN4O2/c1-14-12-28(3)9-8-16(14)18-10-21-22(11-19(18)17-6-4-5-7-20(17)25)31-13-23-26-27-24(30)15(2)29(21)23/h4-7,10-11,14-16H,8-9,12-13H2,1-3H3,(H,27,30)/t14-,15-,16+/m1/s1. The molecule has 1 saturated heterocycles. The topological polar surface area (TPSA) is 57.2 Å². The highest BCUT2D eigenvalue weighted by Crippen LogP contribution is 2.46. The predicted octanol–water partition coefficient (Wildman–Crippen LogP) is 3.58. The van der Waals surface area contributed by atoms with E-state index in [1.807, 2.05) is 30.0 Å². The quantitative estimate of drug-likeness (QED) is 0.804. The first-order chi connectivity index (χ1) is 14.9. The minimum atomic E-state index is -0.391. The van der Waals surface area contributed by atoms with Gasteiger partial charge in [0.25, 0.3) is 5.91 Å². The summed E-state index contributed by atoms with van der Waals surface area (Å²) in [4.78, 5) is 16.6. The van der Waals surface area contributed by atoms with Crippen LogP contribution in [-0.4, -0.2) is 49.4 Å². The van der Waals surface area contributed by atoms with Crippen LogP contribution in [0.15, 0.2) is 41.5 Å². The number of nitrogens with zero attached hydrogens (tertiary/aromatic N) is 3. The zero-order valence-corrected chi connectivity index (χ0v) is 18.1. The number of fused-ring (bicyclic) bond motifs is 3. The van der Waals surface area contributed by atoms with E-state index >= 15 is 0 Å². The molecule has 3 atom stereocenters. The molecule has 0 aromatic heterocycles. The molecule has 1 amide bonds. The fourth-order valence-corrected chi connectivity index (χ4v) is 5.12. The Morgan fingerprint density at radius 1 is 1.19 bits per heavy atom. The lowest BCUT2D eigenvalue weighted by atomic mass is 9.78. The number of halogens is 1. The van der Waals surface area contributed by atoms with E-state index in [4.69, 9.17) is 4.74 Å². The van der Waals surface area contributed by atoms with Crippen molar-refractivity contribution in [3.8, 4) is 16.9 Å². The lowest BCUT2D eigenvalue weighted by Gasteiger charge is -2.40. The maximum atomic E-state index is 14.9. The fourth-order valence-electron chi connectivity index (χ4n) is 5.12. The number of amides is 1. The van der Waals surface area contributed by atoms with Gasteiger partial charge in [0, 0.05) is 12.1 Å². The summed E-state index contributed by atoms with van der Waals surface area (Å²) in [5.74, 6) is 1.65. The zero-order chi connectivity index (χ0) is 21.7. The van der Waals surface area contributed by atoms with Crippen molar-refractivity contribution in [3.05, 3.63) is 47.8 Å². The third kappa shape index (κ3) is 3.37. The van der Waals surface area contributed by atoms with Crippen molar-refractivity contribution in [2.24, 2.45) is 11.0 Å². The van der Waals surface area contributed by atoms with E-state index < -0.39 is 6.04 Å². The number of rotatable bonds is 2. The van der Waals surface area contributed by atoms with Crippen molar-refractivity contribution in [2.75, 3.05) is 31.6 Å². The normalized spacial score (nSPS) is 25.8. The Labute approximate surface area is 181 Å². The molecule has 3 heterocycles. The molecule has 2 aromatic rings. The Hall–Kier alpha value is -2.93. The molecule has 1 N–H and O–H groups in total. The summed E-state index contributed by atoms with van der Waals surface area (Å²) in [7, 11) is 2.14. The molecule has 3 aliphatic rings. The molecule has 1 fully saturated rings. The van der Waals surface area contributed by atoms with Crippen LogP contribution < -0.4 is 15.1 Å². The maximum Gasteiger partial charge on any atom is 0.262 e. The highest BCUT2D eigenvalue weighted by molar-refractivity contribution is 6.09. The molecule has 0 aliphatic carbocycles. The van der Waals surface area contributed by atoms with Gasteiger partial charge in [-0.2, -0.15) is 5.10 Å². The summed E-state index contributed by atoms with van der Waals surface area (Å²) in [6.45, 7) is 6.37. The summed E-state index contributed by atoms with van der Waals surface area (Å²) in [5, 5.41) is 4.19. The van der Waals surface area contributed by atoms with E-state index in [0.717, 1.165) is 36.3 Å². The van der Waals surface area contributed by atoms with Crippen molar-refractivity contribution >= 4 is 17.4 Å². The Morgan fingerprint density at radius 2 is 2.00 bits per heavy atom. The first-order valence-electron chi connectivity index (χ1n) is 10.8. The van der Waals surface area contributed by atoms with Crippen molar-refractivity contribution in [2.45, 2.75) is 32.2 Å². The van der Waals surface area contributed by atoms with Gasteiger partial charge in [0.2, 0.25) is 0 Å². The zero-order valence-electron chi connectivity index (χ0n) is 18.1. The number of carbonyl (C=O) groups excluding carboxylic acids is 1. The second-order valence-corrected chi connectivity index (χ2v) is 8.86. The van der Waals surface area contributed by atoms with Crippen molar-refractivity contribution in [3.63, 3.8) is 0 Å². The van der Waals surface area contributed by atoms with Gasteiger partial charge in [-0.25, -0.2) is 9.82 Å². The van der Waals surface area contributed by atoms with Gasteiger partial charge < -0.3 is 14.5 Å². The second-order valence-electron chi connectivity index (χ2n) is 8.86. The number of piperidine rings is 1. The number of carbonyl (C=O) groups is 1. The molecule has 0 spiro atoms. The molecule has 0 unspecified atom stereocenters. The Morgan fingerprint density at radius 3 is 2.77 bits per heavy atom. The van der Waals surface area contributed by atoms with Gasteiger partial charge in [-0.3, -0.25) is 4.79 Å². The molecule has 0 radical (unpaired) electrons. The van der Waals surface area contributed by atoms with E-state index in [2.05, 4.69) is 35.5 Å². The van der Waals surface area contributed by atoms with Gasteiger partial charge in [-0.15, -0.1) is 0 Å². The number of hydrogen-bond acceptors (Lipinski definition) is 5. The van der Waals surface area contributed by atoms with Crippen LogP contribution in [-0.2, 0) is 4.79 Å². The number of nitrogens with one attached hydrogen (secondary N) is 1. The smallest absolute Gasteiger partial charge is 0.262 e. The third-order valence-electron chi connectivity index (χ3n) is 6.76. The molecule has 31 heavy (non-hydrogen) atoms. The van der Waals surface area contributed by atoms with E-state index in [1.54, 1.807) is 6.07 Å². The summed E-state index contributed by atoms with van der Waals surface area (Å²) < 4.78 is 20.9. The Bertz CT molecular complexity index is 1070. The minimum Gasteiger partial charge on any atom is -0.483 e. The number of hydrogen-bond donors (Lipinski definition) is 1. The molecular formula is C24H27FN4O2. The lowest BCUT2D eigenvalue weighted by molar-refractivity contribution is -0.122. The molecule has 162 valence electrons. The van der Waals surface area contributed by atoms with Crippen LogP contribution in [0.5, 0.6) is 5.75 Å². The Balaban J connectivity index is 1.70. The third-order valence-corrected chi connectivity index (χ3v) is 6.76. The summed E-state index contributed by atoms with van der Waals surface area (Å²) in [5.41, 5.74) is 5.95. The largest absolute Gasteiger partial charge is 0.483 e. The molecule has 2 aromatic carbocycles. The first-order valence-corrected chi connectivity index (χ1v) is 10.8. The van der Waals surface area contributed by atoms with Crippen LogP contribution in [0.25, 0.3) is 11.1 Å². The highest BCUT2D eigenvalue weighted by Gasteiger charge is 2.37. The number of hydrazone groups is 1. The lowest BCUT2D eigenvalue weighted by Crippen LogP contribution is -2.55. The molecule has 7 heteroatoms. The van der Waals surface area contributed by atoms with Crippen LogP contribution in [0.3, 0.4) is 0 Å². The highest BCUT2D eigenvalue weighted by atomic mass is 19.1. The number of anilines is 1. The number of amidine groups is 1.